The third-order valence-electron chi connectivity index (χ3n) is 6.15. The fourth-order valence-electron chi connectivity index (χ4n) is 4.69. The number of thioether (sulfide) groups is 1. The summed E-state index contributed by atoms with van der Waals surface area (Å²) >= 11 is 1.71. The van der Waals surface area contributed by atoms with E-state index in [1.54, 1.807) is 11.8 Å². The first kappa shape index (κ1) is 17.7. The molecule has 4 unspecified atom stereocenters. The van der Waals surface area contributed by atoms with E-state index in [1.165, 1.54) is 31.2 Å². The van der Waals surface area contributed by atoms with Crippen LogP contribution in [0.4, 0.5) is 0 Å². The van der Waals surface area contributed by atoms with Crippen molar-refractivity contribution >= 4 is 17.7 Å². The highest BCUT2D eigenvalue weighted by Crippen LogP contribution is 2.49. The molecule has 1 heterocycles. The van der Waals surface area contributed by atoms with Gasteiger partial charge in [0.25, 0.3) is 5.91 Å². The lowest BCUT2D eigenvalue weighted by Crippen LogP contribution is -2.40. The molecule has 0 radical (unpaired) electrons. The Kier molecular flexibility index (Phi) is 5.07. The van der Waals surface area contributed by atoms with Crippen molar-refractivity contribution in [3.8, 4) is 0 Å². The van der Waals surface area contributed by atoms with Crippen LogP contribution in [-0.2, 0) is 12.8 Å². The van der Waals surface area contributed by atoms with E-state index in [2.05, 4.69) is 17.2 Å². The summed E-state index contributed by atoms with van der Waals surface area (Å²) in [5.74, 6) is 3.34. The van der Waals surface area contributed by atoms with Crippen LogP contribution in [0.25, 0.3) is 0 Å². The summed E-state index contributed by atoms with van der Waals surface area (Å²) in [6.45, 7) is 2.18. The Balaban J connectivity index is 1.31. The molecule has 2 aromatic rings. The van der Waals surface area contributed by atoms with Crippen molar-refractivity contribution in [1.29, 1.82) is 0 Å². The van der Waals surface area contributed by atoms with E-state index in [0.717, 1.165) is 28.3 Å². The van der Waals surface area contributed by atoms with E-state index in [-0.39, 0.29) is 11.9 Å². The molecular weight excluding hydrogens is 342 g/mol. The highest BCUT2D eigenvalue weighted by Gasteiger charge is 2.42. The van der Waals surface area contributed by atoms with Gasteiger partial charge in [0.05, 0.1) is 0 Å². The number of carbonyl (C=O) groups is 1. The highest BCUT2D eigenvalue weighted by molar-refractivity contribution is 7.98. The van der Waals surface area contributed by atoms with Gasteiger partial charge in [-0.05, 0) is 61.6 Å². The Hall–Kier alpha value is -1.75. The van der Waals surface area contributed by atoms with Crippen LogP contribution in [0.15, 0.2) is 41.8 Å². The maximum atomic E-state index is 12.6. The molecule has 2 aliphatic carbocycles. The van der Waals surface area contributed by atoms with Crippen molar-refractivity contribution in [2.45, 2.75) is 49.6 Å². The minimum absolute atomic E-state index is 0.0589. The lowest BCUT2D eigenvalue weighted by molar-refractivity contribution is 0.0915. The molecule has 0 saturated heterocycles. The zero-order chi connectivity index (χ0) is 18.1. The number of imidazole rings is 1. The largest absolute Gasteiger partial charge is 0.349 e. The average Bonchev–Trinajstić information content (AvgIpc) is 3.37. The Morgan fingerprint density at radius 2 is 2.12 bits per heavy atom. The number of hydrogen-bond donors (Lipinski definition) is 1. The number of aryl methyl sites for hydroxylation is 1. The van der Waals surface area contributed by atoms with Crippen LogP contribution < -0.4 is 5.32 Å². The topological polar surface area (TPSA) is 46.9 Å². The maximum absolute atomic E-state index is 12.6. The van der Waals surface area contributed by atoms with E-state index in [1.807, 2.05) is 48.3 Å². The van der Waals surface area contributed by atoms with E-state index in [9.17, 15) is 4.79 Å². The number of benzene rings is 1. The monoisotopic (exact) mass is 369 g/mol. The molecule has 2 bridgehead atoms. The molecule has 1 aromatic carbocycles. The van der Waals surface area contributed by atoms with Crippen molar-refractivity contribution < 1.29 is 4.79 Å². The predicted octanol–water partition coefficient (Wildman–Crippen LogP) is 4.27. The van der Waals surface area contributed by atoms with Gasteiger partial charge in [0, 0.05) is 36.8 Å². The fraction of sp³-hybridized carbons (Fsp3) is 0.524. The van der Waals surface area contributed by atoms with Crippen molar-refractivity contribution in [2.24, 2.45) is 24.8 Å². The first-order chi connectivity index (χ1) is 12.6. The van der Waals surface area contributed by atoms with E-state index in [0.29, 0.717) is 5.92 Å². The Morgan fingerprint density at radius 3 is 2.73 bits per heavy atom. The van der Waals surface area contributed by atoms with Crippen LogP contribution in [0.2, 0.25) is 0 Å². The maximum Gasteiger partial charge on any atom is 0.251 e. The van der Waals surface area contributed by atoms with Crippen LogP contribution in [0.3, 0.4) is 0 Å². The van der Waals surface area contributed by atoms with Crippen molar-refractivity contribution in [2.75, 3.05) is 0 Å². The van der Waals surface area contributed by atoms with Gasteiger partial charge >= 0.3 is 0 Å². The van der Waals surface area contributed by atoms with Crippen molar-refractivity contribution in [3.63, 3.8) is 0 Å². The Labute approximate surface area is 159 Å². The normalized spacial score (nSPS) is 25.4. The molecule has 4 rings (SSSR count). The van der Waals surface area contributed by atoms with Crippen molar-refractivity contribution in [1.82, 2.24) is 14.9 Å². The van der Waals surface area contributed by atoms with Gasteiger partial charge in [0.15, 0.2) is 5.16 Å². The van der Waals surface area contributed by atoms with Gasteiger partial charge in [-0.3, -0.25) is 4.79 Å². The summed E-state index contributed by atoms with van der Waals surface area (Å²) in [7, 11) is 2.00. The zero-order valence-corrected chi connectivity index (χ0v) is 16.3. The number of amides is 1. The van der Waals surface area contributed by atoms with Crippen LogP contribution >= 0.6 is 11.8 Å². The fourth-order valence-corrected chi connectivity index (χ4v) is 5.58. The van der Waals surface area contributed by atoms with E-state index >= 15 is 0 Å². The number of rotatable bonds is 6. The SMILES string of the molecule is CC(NC(=O)c1ccc(CSc2nccn2C)cc1)C1CC2CCC1C2. The molecule has 1 N–H and O–H groups in total. The number of nitrogens with one attached hydrogen (secondary N) is 1. The van der Waals surface area contributed by atoms with Crippen LogP contribution in [-0.4, -0.2) is 21.5 Å². The number of nitrogens with zero attached hydrogens (tertiary/aromatic N) is 2. The molecule has 2 saturated carbocycles. The summed E-state index contributed by atoms with van der Waals surface area (Å²) in [6.07, 6.45) is 9.21. The lowest BCUT2D eigenvalue weighted by atomic mass is 9.84. The van der Waals surface area contributed by atoms with E-state index < -0.39 is 0 Å². The minimum Gasteiger partial charge on any atom is -0.349 e. The van der Waals surface area contributed by atoms with Crippen LogP contribution in [0.1, 0.15) is 48.5 Å². The summed E-state index contributed by atoms with van der Waals surface area (Å²) in [5.41, 5.74) is 1.96. The second-order valence-electron chi connectivity index (χ2n) is 7.91. The summed E-state index contributed by atoms with van der Waals surface area (Å²) in [5, 5.41) is 4.25. The second kappa shape index (κ2) is 7.47. The van der Waals surface area contributed by atoms with Gasteiger partial charge in [-0.1, -0.05) is 30.3 Å². The molecule has 5 heteroatoms. The van der Waals surface area contributed by atoms with Crippen molar-refractivity contribution in [3.05, 3.63) is 47.8 Å². The Morgan fingerprint density at radius 1 is 1.31 bits per heavy atom. The van der Waals surface area contributed by atoms with Gasteiger partial charge in [0.2, 0.25) is 0 Å². The average molecular weight is 370 g/mol. The standard InChI is InChI=1S/C21H27N3OS/c1-14(19-12-16-5-8-18(19)11-16)23-20(25)17-6-3-15(4-7-17)13-26-21-22-9-10-24(21)2/h3-4,6-7,9-10,14,16,18-19H,5,8,11-13H2,1-2H3,(H,23,25). The van der Waals surface area contributed by atoms with Gasteiger partial charge in [0.1, 0.15) is 0 Å². The zero-order valence-electron chi connectivity index (χ0n) is 15.5. The van der Waals surface area contributed by atoms with Crippen LogP contribution in [0.5, 0.6) is 0 Å². The lowest BCUT2D eigenvalue weighted by Gasteiger charge is -2.28. The minimum atomic E-state index is 0.0589. The third-order valence-corrected chi connectivity index (χ3v) is 7.28. The smallest absolute Gasteiger partial charge is 0.251 e. The predicted molar refractivity (Wildman–Crippen MR) is 105 cm³/mol. The van der Waals surface area contributed by atoms with Gasteiger partial charge in [-0.25, -0.2) is 4.98 Å². The molecule has 4 nitrogen and oxygen atoms in total. The first-order valence-electron chi connectivity index (χ1n) is 9.60. The quantitative estimate of drug-likeness (QED) is 0.774. The highest BCUT2D eigenvalue weighted by atomic mass is 32.2. The molecular formula is C21H27N3OS. The Bertz CT molecular complexity index is 770. The molecule has 138 valence electrons. The third kappa shape index (κ3) is 3.68. The summed E-state index contributed by atoms with van der Waals surface area (Å²) < 4.78 is 2.02. The van der Waals surface area contributed by atoms with E-state index in [4.69, 9.17) is 0 Å². The second-order valence-corrected chi connectivity index (χ2v) is 8.85. The van der Waals surface area contributed by atoms with Crippen LogP contribution in [0, 0.1) is 17.8 Å². The number of fused-ring (bicyclic) bond motifs is 2. The molecule has 4 atom stereocenters. The molecule has 1 aromatic heterocycles. The summed E-state index contributed by atoms with van der Waals surface area (Å²) in [4.78, 5) is 16.9. The van der Waals surface area contributed by atoms with Gasteiger partial charge in [-0.2, -0.15) is 0 Å². The molecule has 2 fully saturated rings. The van der Waals surface area contributed by atoms with Gasteiger partial charge in [-0.15, -0.1) is 0 Å². The number of carbonyl (C=O) groups excluding carboxylic acids is 1. The molecule has 1 amide bonds. The summed E-state index contributed by atoms with van der Waals surface area (Å²) in [6, 6.07) is 8.26. The molecule has 0 spiro atoms. The number of hydrogen-bond acceptors (Lipinski definition) is 3. The molecule has 0 aliphatic heterocycles. The van der Waals surface area contributed by atoms with Gasteiger partial charge < -0.3 is 9.88 Å². The number of aromatic nitrogens is 2. The molecule has 2 aliphatic rings. The molecule has 26 heavy (non-hydrogen) atoms. The first-order valence-corrected chi connectivity index (χ1v) is 10.6.